The van der Waals surface area contributed by atoms with Gasteiger partial charge in [-0.25, -0.2) is 5.43 Å². The lowest BCUT2D eigenvalue weighted by atomic mass is 10.2. The number of benzene rings is 3. The van der Waals surface area contributed by atoms with E-state index in [2.05, 4.69) is 21.2 Å². The fraction of sp³-hybridized carbons (Fsp3) is 0.185. The normalized spacial score (nSPS) is 10.4. The Hall–Kier alpha value is -4.86. The molecule has 0 unspecified atom stereocenters. The number of para-hydroxylation sites is 2. The molecule has 0 radical (unpaired) electrons. The van der Waals surface area contributed by atoms with Crippen molar-refractivity contribution in [1.82, 2.24) is 10.7 Å². The summed E-state index contributed by atoms with van der Waals surface area (Å²) in [5, 5.41) is 9.09. The summed E-state index contributed by atoms with van der Waals surface area (Å²) in [5.74, 6) is -0.908. The highest BCUT2D eigenvalue weighted by molar-refractivity contribution is 6.39. The third-order valence-corrected chi connectivity index (χ3v) is 4.90. The molecule has 3 amide bonds. The quantitative estimate of drug-likeness (QED) is 0.209. The van der Waals surface area contributed by atoms with Crippen LogP contribution in [0.2, 0.25) is 0 Å². The van der Waals surface area contributed by atoms with Crippen LogP contribution in [0.15, 0.2) is 77.9 Å². The van der Waals surface area contributed by atoms with E-state index in [1.807, 2.05) is 37.3 Å². The first kappa shape index (κ1) is 26.7. The first-order valence-electron chi connectivity index (χ1n) is 11.5. The molecule has 0 saturated heterocycles. The highest BCUT2D eigenvalue weighted by Crippen LogP contribution is 2.28. The van der Waals surface area contributed by atoms with Gasteiger partial charge < -0.3 is 24.8 Å². The molecule has 0 bridgehead atoms. The second-order valence-electron chi connectivity index (χ2n) is 7.54. The summed E-state index contributed by atoms with van der Waals surface area (Å²) in [6.45, 7) is 2.41. The van der Waals surface area contributed by atoms with Crippen LogP contribution in [0.3, 0.4) is 0 Å². The number of carbonyl (C=O) groups excluding carboxylic acids is 3. The van der Waals surface area contributed by atoms with Gasteiger partial charge in [-0.3, -0.25) is 14.4 Å². The van der Waals surface area contributed by atoms with E-state index in [0.29, 0.717) is 41.7 Å². The van der Waals surface area contributed by atoms with Crippen molar-refractivity contribution in [2.24, 2.45) is 5.10 Å². The van der Waals surface area contributed by atoms with Crippen molar-refractivity contribution in [3.63, 3.8) is 0 Å². The molecule has 192 valence electrons. The average molecular weight is 505 g/mol. The predicted molar refractivity (Wildman–Crippen MR) is 139 cm³/mol. The molecule has 37 heavy (non-hydrogen) atoms. The largest absolute Gasteiger partial charge is 0.495 e. The Morgan fingerprint density at radius 3 is 2.38 bits per heavy atom. The molecule has 0 aromatic heterocycles. The zero-order valence-electron chi connectivity index (χ0n) is 20.5. The zero-order chi connectivity index (χ0) is 26.5. The van der Waals surface area contributed by atoms with E-state index in [4.69, 9.17) is 14.2 Å². The maximum atomic E-state index is 12.2. The van der Waals surface area contributed by atoms with E-state index < -0.39 is 11.8 Å². The standard InChI is InChI=1S/C27H28N4O6/c1-3-36-24-15-20(13-14-23(24)37-18-25(32)28-16-19-9-5-4-6-10-19)17-29-31-27(34)26(33)30-21-11-7-8-12-22(21)35-2/h4-15,17H,3,16,18H2,1-2H3,(H,28,32)(H,30,33)(H,31,34)/b29-17-. The number of ether oxygens (including phenoxy) is 3. The molecular formula is C27H28N4O6. The molecule has 3 rings (SSSR count). The number of carbonyl (C=O) groups is 3. The molecule has 10 nitrogen and oxygen atoms in total. The van der Waals surface area contributed by atoms with Gasteiger partial charge in [0.15, 0.2) is 18.1 Å². The Labute approximate surface area is 214 Å². The van der Waals surface area contributed by atoms with Gasteiger partial charge in [0.2, 0.25) is 0 Å². The molecule has 3 aromatic carbocycles. The maximum absolute atomic E-state index is 12.2. The minimum Gasteiger partial charge on any atom is -0.495 e. The second kappa shape index (κ2) is 13.9. The SMILES string of the molecule is CCOc1cc(/C=N\NC(=O)C(=O)Nc2ccccc2OC)ccc1OCC(=O)NCc1ccccc1. The number of nitrogens with one attached hydrogen (secondary N) is 3. The van der Waals surface area contributed by atoms with Crippen molar-refractivity contribution >= 4 is 29.6 Å². The van der Waals surface area contributed by atoms with E-state index in [-0.39, 0.29) is 12.5 Å². The third kappa shape index (κ3) is 8.39. The highest BCUT2D eigenvalue weighted by Gasteiger charge is 2.15. The minimum atomic E-state index is -0.950. The average Bonchev–Trinajstić information content (AvgIpc) is 2.92. The summed E-state index contributed by atoms with van der Waals surface area (Å²) >= 11 is 0. The van der Waals surface area contributed by atoms with Crippen LogP contribution in [-0.4, -0.2) is 44.3 Å². The molecule has 0 heterocycles. The first-order valence-corrected chi connectivity index (χ1v) is 11.5. The minimum absolute atomic E-state index is 0.183. The van der Waals surface area contributed by atoms with Gasteiger partial charge in [0.1, 0.15) is 5.75 Å². The van der Waals surface area contributed by atoms with E-state index in [9.17, 15) is 14.4 Å². The van der Waals surface area contributed by atoms with Crippen LogP contribution < -0.4 is 30.3 Å². The molecule has 0 saturated carbocycles. The predicted octanol–water partition coefficient (Wildman–Crippen LogP) is 2.88. The highest BCUT2D eigenvalue weighted by atomic mass is 16.5. The molecule has 3 N–H and O–H groups in total. The van der Waals surface area contributed by atoms with Gasteiger partial charge in [-0.2, -0.15) is 5.10 Å². The van der Waals surface area contributed by atoms with E-state index in [1.165, 1.54) is 13.3 Å². The lowest BCUT2D eigenvalue weighted by Crippen LogP contribution is -2.32. The number of anilines is 1. The molecule has 0 atom stereocenters. The smallest absolute Gasteiger partial charge is 0.329 e. The number of methoxy groups -OCH3 is 1. The second-order valence-corrected chi connectivity index (χ2v) is 7.54. The lowest BCUT2D eigenvalue weighted by molar-refractivity contribution is -0.136. The van der Waals surface area contributed by atoms with Gasteiger partial charge in [-0.1, -0.05) is 42.5 Å². The Kier molecular flexibility index (Phi) is 10.0. The summed E-state index contributed by atoms with van der Waals surface area (Å²) in [6, 6.07) is 21.2. The number of hydrogen-bond donors (Lipinski definition) is 3. The van der Waals surface area contributed by atoms with Gasteiger partial charge in [0, 0.05) is 6.54 Å². The van der Waals surface area contributed by atoms with E-state index in [0.717, 1.165) is 5.56 Å². The van der Waals surface area contributed by atoms with Crippen molar-refractivity contribution in [3.05, 3.63) is 83.9 Å². The molecule has 0 fully saturated rings. The van der Waals surface area contributed by atoms with Crippen molar-refractivity contribution in [2.45, 2.75) is 13.5 Å². The van der Waals surface area contributed by atoms with Crippen LogP contribution in [0.4, 0.5) is 5.69 Å². The van der Waals surface area contributed by atoms with Gasteiger partial charge in [0.25, 0.3) is 5.91 Å². The fourth-order valence-electron chi connectivity index (χ4n) is 3.13. The lowest BCUT2D eigenvalue weighted by Gasteiger charge is -2.12. The summed E-state index contributed by atoms with van der Waals surface area (Å²) in [4.78, 5) is 36.4. The molecule has 0 aliphatic heterocycles. The number of amides is 3. The number of nitrogens with zero attached hydrogens (tertiary/aromatic N) is 1. The molecule has 0 aliphatic rings. The monoisotopic (exact) mass is 504 g/mol. The molecular weight excluding hydrogens is 476 g/mol. The van der Waals surface area contributed by atoms with Crippen molar-refractivity contribution < 1.29 is 28.6 Å². The third-order valence-electron chi connectivity index (χ3n) is 4.90. The van der Waals surface area contributed by atoms with Gasteiger partial charge in [-0.15, -0.1) is 0 Å². The Morgan fingerprint density at radius 1 is 0.865 bits per heavy atom. The van der Waals surface area contributed by atoms with Crippen LogP contribution in [0, 0.1) is 0 Å². The van der Waals surface area contributed by atoms with Crippen LogP contribution in [0.5, 0.6) is 17.2 Å². The molecule has 3 aromatic rings. The topological polar surface area (TPSA) is 127 Å². The van der Waals surface area contributed by atoms with Crippen LogP contribution in [-0.2, 0) is 20.9 Å². The molecule has 0 aliphatic carbocycles. The van der Waals surface area contributed by atoms with E-state index >= 15 is 0 Å². The summed E-state index contributed by atoms with van der Waals surface area (Å²) < 4.78 is 16.4. The zero-order valence-corrected chi connectivity index (χ0v) is 20.5. The molecule has 0 spiro atoms. The summed E-state index contributed by atoms with van der Waals surface area (Å²) in [7, 11) is 1.46. The Bertz CT molecular complexity index is 1250. The van der Waals surface area contributed by atoms with Crippen molar-refractivity contribution in [2.75, 3.05) is 25.6 Å². The van der Waals surface area contributed by atoms with Crippen molar-refractivity contribution in [3.8, 4) is 17.2 Å². The number of rotatable bonds is 11. The van der Waals surface area contributed by atoms with Gasteiger partial charge in [0.05, 0.1) is 25.6 Å². The Balaban J connectivity index is 1.53. The first-order chi connectivity index (χ1) is 18.0. The summed E-state index contributed by atoms with van der Waals surface area (Å²) in [5.41, 5.74) is 4.10. The number of hydrogen-bond acceptors (Lipinski definition) is 7. The fourth-order valence-corrected chi connectivity index (χ4v) is 3.13. The van der Waals surface area contributed by atoms with E-state index in [1.54, 1.807) is 42.5 Å². The van der Waals surface area contributed by atoms with Crippen LogP contribution in [0.1, 0.15) is 18.1 Å². The van der Waals surface area contributed by atoms with Crippen molar-refractivity contribution in [1.29, 1.82) is 0 Å². The maximum Gasteiger partial charge on any atom is 0.329 e. The van der Waals surface area contributed by atoms with Gasteiger partial charge >= 0.3 is 11.8 Å². The Morgan fingerprint density at radius 2 is 1.62 bits per heavy atom. The van der Waals surface area contributed by atoms with Gasteiger partial charge in [-0.05, 0) is 48.4 Å². The summed E-state index contributed by atoms with van der Waals surface area (Å²) in [6.07, 6.45) is 1.35. The number of hydrazone groups is 1. The van der Waals surface area contributed by atoms with Crippen LogP contribution >= 0.6 is 0 Å². The van der Waals surface area contributed by atoms with Crippen LogP contribution in [0.25, 0.3) is 0 Å². The molecule has 10 heteroatoms.